The number of ether oxygens (including phenoxy) is 1. The van der Waals surface area contributed by atoms with Crippen molar-refractivity contribution in [3.63, 3.8) is 0 Å². The lowest BCUT2D eigenvalue weighted by molar-refractivity contribution is -0.113. The van der Waals surface area contributed by atoms with Crippen molar-refractivity contribution in [1.29, 1.82) is 0 Å². The Hall–Kier alpha value is -3.06. The van der Waals surface area contributed by atoms with E-state index in [9.17, 15) is 9.59 Å². The Morgan fingerprint density at radius 3 is 2.70 bits per heavy atom. The second kappa shape index (κ2) is 9.05. The molecule has 0 bridgehead atoms. The Morgan fingerprint density at radius 2 is 1.93 bits per heavy atom. The van der Waals surface area contributed by atoms with Crippen molar-refractivity contribution in [3.05, 3.63) is 72.6 Å². The van der Waals surface area contributed by atoms with Gasteiger partial charge in [-0.2, -0.15) is 5.10 Å². The number of hydrogen-bond acceptors (Lipinski definition) is 5. The van der Waals surface area contributed by atoms with Gasteiger partial charge >= 0.3 is 5.97 Å². The third-order valence-electron chi connectivity index (χ3n) is 3.58. The molecule has 0 aliphatic rings. The van der Waals surface area contributed by atoms with Crippen LogP contribution in [0.2, 0.25) is 0 Å². The van der Waals surface area contributed by atoms with Crippen LogP contribution in [0.5, 0.6) is 0 Å². The number of aromatic nitrogens is 2. The molecule has 0 radical (unpaired) electrons. The lowest BCUT2D eigenvalue weighted by atomic mass is 10.3. The highest BCUT2D eigenvalue weighted by atomic mass is 32.2. The number of hydrogen-bond donors (Lipinski definition) is 1. The van der Waals surface area contributed by atoms with Crippen molar-refractivity contribution < 1.29 is 14.3 Å². The molecule has 0 aliphatic heterocycles. The van der Waals surface area contributed by atoms with Crippen molar-refractivity contribution in [2.24, 2.45) is 0 Å². The predicted molar refractivity (Wildman–Crippen MR) is 105 cm³/mol. The van der Waals surface area contributed by atoms with Crippen LogP contribution in [0.3, 0.4) is 0 Å². The summed E-state index contributed by atoms with van der Waals surface area (Å²) in [4.78, 5) is 25.0. The summed E-state index contributed by atoms with van der Waals surface area (Å²) in [6, 6.07) is 18.6. The van der Waals surface area contributed by atoms with Crippen LogP contribution in [0.15, 0.2) is 71.8 Å². The average molecular weight is 381 g/mol. The maximum atomic E-state index is 12.2. The number of nitrogens with one attached hydrogen (secondary N) is 1. The van der Waals surface area contributed by atoms with Crippen molar-refractivity contribution in [2.45, 2.75) is 11.8 Å². The molecule has 6 nitrogen and oxygen atoms in total. The quantitative estimate of drug-likeness (QED) is 0.498. The van der Waals surface area contributed by atoms with E-state index in [0.717, 1.165) is 10.6 Å². The zero-order valence-electron chi connectivity index (χ0n) is 14.8. The van der Waals surface area contributed by atoms with E-state index in [1.54, 1.807) is 29.9 Å². The first-order valence-electron chi connectivity index (χ1n) is 8.46. The molecule has 3 aromatic rings. The molecule has 1 heterocycles. The Kier molecular flexibility index (Phi) is 6.27. The minimum atomic E-state index is -0.460. The van der Waals surface area contributed by atoms with Crippen LogP contribution >= 0.6 is 11.8 Å². The van der Waals surface area contributed by atoms with Gasteiger partial charge in [-0.05, 0) is 43.3 Å². The van der Waals surface area contributed by atoms with Gasteiger partial charge < -0.3 is 10.1 Å². The molecule has 0 saturated heterocycles. The maximum absolute atomic E-state index is 12.2. The number of carbonyl (C=O) groups excluding carboxylic acids is 2. The number of carbonyl (C=O) groups is 2. The minimum Gasteiger partial charge on any atom is -0.461 e. The Balaban J connectivity index is 1.63. The van der Waals surface area contributed by atoms with E-state index in [0.29, 0.717) is 18.0 Å². The first-order chi connectivity index (χ1) is 13.2. The summed E-state index contributed by atoms with van der Waals surface area (Å²) in [6.45, 7) is 2.05. The van der Waals surface area contributed by atoms with Gasteiger partial charge in [-0.3, -0.25) is 4.79 Å². The monoisotopic (exact) mass is 381 g/mol. The molecule has 7 heteroatoms. The summed E-state index contributed by atoms with van der Waals surface area (Å²) in [5.41, 5.74) is 1.64. The van der Waals surface area contributed by atoms with Crippen LogP contribution < -0.4 is 5.32 Å². The summed E-state index contributed by atoms with van der Waals surface area (Å²) < 4.78 is 6.51. The second-order valence-corrected chi connectivity index (χ2v) is 6.62. The van der Waals surface area contributed by atoms with E-state index >= 15 is 0 Å². The molecule has 1 aromatic heterocycles. The summed E-state index contributed by atoms with van der Waals surface area (Å²) >= 11 is 1.48. The maximum Gasteiger partial charge on any atom is 0.358 e. The van der Waals surface area contributed by atoms with Gasteiger partial charge in [0.05, 0.1) is 18.0 Å². The lowest BCUT2D eigenvalue weighted by Crippen LogP contribution is -2.14. The lowest BCUT2D eigenvalue weighted by Gasteiger charge is -2.08. The van der Waals surface area contributed by atoms with Gasteiger partial charge in [0.15, 0.2) is 5.69 Å². The van der Waals surface area contributed by atoms with Gasteiger partial charge in [-0.25, -0.2) is 9.48 Å². The molecule has 0 spiro atoms. The summed E-state index contributed by atoms with van der Waals surface area (Å²) in [7, 11) is 0. The zero-order valence-corrected chi connectivity index (χ0v) is 15.6. The number of thioether (sulfide) groups is 1. The molecular formula is C20H19N3O3S. The fourth-order valence-electron chi connectivity index (χ4n) is 2.37. The van der Waals surface area contributed by atoms with E-state index in [1.807, 2.05) is 48.5 Å². The highest BCUT2D eigenvalue weighted by Crippen LogP contribution is 2.19. The zero-order chi connectivity index (χ0) is 19.1. The first kappa shape index (κ1) is 18.7. The van der Waals surface area contributed by atoms with Crippen LogP contribution in [0.1, 0.15) is 17.4 Å². The van der Waals surface area contributed by atoms with E-state index in [-0.39, 0.29) is 11.6 Å². The van der Waals surface area contributed by atoms with Crippen molar-refractivity contribution >= 4 is 29.3 Å². The van der Waals surface area contributed by atoms with E-state index in [4.69, 9.17) is 4.74 Å². The number of anilines is 1. The van der Waals surface area contributed by atoms with Crippen LogP contribution in [0.25, 0.3) is 5.69 Å². The predicted octanol–water partition coefficient (Wildman–Crippen LogP) is 3.78. The van der Waals surface area contributed by atoms with Gasteiger partial charge in [0.1, 0.15) is 0 Å². The SMILES string of the molecule is CCOC(=O)c1ccn(-c2cccc(NC(=O)CSc3ccccc3)c2)n1. The average Bonchev–Trinajstić information content (AvgIpc) is 3.18. The number of rotatable bonds is 7. The molecule has 2 aromatic carbocycles. The second-order valence-electron chi connectivity index (χ2n) is 5.57. The van der Waals surface area contributed by atoms with Gasteiger partial charge in [0, 0.05) is 16.8 Å². The molecule has 1 amide bonds. The van der Waals surface area contributed by atoms with Crippen LogP contribution in [0.4, 0.5) is 5.69 Å². The number of esters is 1. The Labute approximate surface area is 161 Å². The molecule has 0 saturated carbocycles. The standard InChI is InChI=1S/C20H19N3O3S/c1-2-26-20(25)18-11-12-23(22-18)16-8-6-7-15(13-16)21-19(24)14-27-17-9-4-3-5-10-17/h3-13H,2,14H2,1H3,(H,21,24). The van der Waals surface area contributed by atoms with Crippen LogP contribution in [-0.4, -0.2) is 34.0 Å². The first-order valence-corrected chi connectivity index (χ1v) is 9.45. The summed E-state index contributed by atoms with van der Waals surface area (Å²) in [5.74, 6) is -0.226. The normalized spacial score (nSPS) is 10.4. The molecular weight excluding hydrogens is 362 g/mol. The highest BCUT2D eigenvalue weighted by molar-refractivity contribution is 8.00. The van der Waals surface area contributed by atoms with Crippen LogP contribution in [0, 0.1) is 0 Å². The molecule has 3 rings (SSSR count). The Morgan fingerprint density at radius 1 is 1.11 bits per heavy atom. The van der Waals surface area contributed by atoms with Crippen molar-refractivity contribution in [3.8, 4) is 5.69 Å². The Bertz CT molecular complexity index is 925. The fraction of sp³-hybridized carbons (Fsp3) is 0.150. The van der Waals surface area contributed by atoms with Gasteiger partial charge in [-0.1, -0.05) is 24.3 Å². The molecule has 0 unspecified atom stereocenters. The molecule has 27 heavy (non-hydrogen) atoms. The third-order valence-corrected chi connectivity index (χ3v) is 4.59. The summed E-state index contributed by atoms with van der Waals surface area (Å²) in [6.07, 6.45) is 1.68. The van der Waals surface area contributed by atoms with E-state index < -0.39 is 5.97 Å². The molecule has 138 valence electrons. The van der Waals surface area contributed by atoms with Crippen molar-refractivity contribution in [2.75, 3.05) is 17.7 Å². The number of amides is 1. The smallest absolute Gasteiger partial charge is 0.358 e. The molecule has 0 aliphatic carbocycles. The fourth-order valence-corrected chi connectivity index (χ4v) is 3.09. The number of nitrogens with zero attached hydrogens (tertiary/aromatic N) is 2. The van der Waals surface area contributed by atoms with E-state index in [2.05, 4.69) is 10.4 Å². The third kappa shape index (κ3) is 5.21. The van der Waals surface area contributed by atoms with E-state index in [1.165, 1.54) is 11.8 Å². The van der Waals surface area contributed by atoms with Gasteiger partial charge in [0.2, 0.25) is 5.91 Å². The molecule has 1 N–H and O–H groups in total. The number of benzene rings is 2. The molecule has 0 fully saturated rings. The topological polar surface area (TPSA) is 73.2 Å². The van der Waals surface area contributed by atoms with Gasteiger partial charge in [0.25, 0.3) is 0 Å². The minimum absolute atomic E-state index is 0.0892. The van der Waals surface area contributed by atoms with Crippen LogP contribution in [-0.2, 0) is 9.53 Å². The van der Waals surface area contributed by atoms with Crippen molar-refractivity contribution in [1.82, 2.24) is 9.78 Å². The molecule has 0 atom stereocenters. The summed E-state index contributed by atoms with van der Waals surface area (Å²) in [5, 5.41) is 7.10. The largest absolute Gasteiger partial charge is 0.461 e. The van der Waals surface area contributed by atoms with Gasteiger partial charge in [-0.15, -0.1) is 11.8 Å². The highest BCUT2D eigenvalue weighted by Gasteiger charge is 2.11.